The van der Waals surface area contributed by atoms with E-state index in [-0.39, 0.29) is 23.9 Å². The highest BCUT2D eigenvalue weighted by atomic mass is 32.2. The second kappa shape index (κ2) is 8.52. The van der Waals surface area contributed by atoms with Crippen molar-refractivity contribution in [3.05, 3.63) is 45.6 Å². The molecule has 4 rings (SSSR count). The third kappa shape index (κ3) is 4.60. The number of benzene rings is 1. The number of ether oxygens (including phenoxy) is 3. The van der Waals surface area contributed by atoms with E-state index in [1.807, 2.05) is 4.57 Å². The van der Waals surface area contributed by atoms with Gasteiger partial charge in [0, 0.05) is 23.7 Å². The number of halogens is 3. The zero-order valence-electron chi connectivity index (χ0n) is 16.2. The molecule has 2 aliphatic rings. The molecule has 1 aromatic carbocycles. The van der Waals surface area contributed by atoms with Crippen LogP contribution in [0.15, 0.2) is 29.1 Å². The van der Waals surface area contributed by atoms with Crippen molar-refractivity contribution in [2.24, 2.45) is 0 Å². The molecule has 0 N–H and O–H groups in total. The van der Waals surface area contributed by atoms with Gasteiger partial charge in [-0.3, -0.25) is 4.79 Å². The molecule has 1 saturated heterocycles. The smallest absolute Gasteiger partial charge is 0.476 e. The lowest BCUT2D eigenvalue weighted by Gasteiger charge is -2.28. The molecule has 0 amide bonds. The van der Waals surface area contributed by atoms with Crippen molar-refractivity contribution in [1.29, 1.82) is 0 Å². The largest absolute Gasteiger partial charge is 0.479 e. The van der Waals surface area contributed by atoms with Gasteiger partial charge >= 0.3 is 5.51 Å². The Kier molecular flexibility index (Phi) is 5.99. The summed E-state index contributed by atoms with van der Waals surface area (Å²) in [4.78, 5) is 12.6. The van der Waals surface area contributed by atoms with Crippen molar-refractivity contribution >= 4 is 12.0 Å². The number of hydrogen-bond donors (Lipinski definition) is 0. The van der Waals surface area contributed by atoms with Crippen LogP contribution in [0.1, 0.15) is 11.1 Å². The van der Waals surface area contributed by atoms with Crippen molar-refractivity contribution < 1.29 is 31.6 Å². The number of hydrogen-bond acceptors (Lipinski definition) is 6. The predicted molar refractivity (Wildman–Crippen MR) is 105 cm³/mol. The van der Waals surface area contributed by atoms with E-state index in [1.165, 1.54) is 12.1 Å². The second-order valence-corrected chi connectivity index (χ2v) is 7.83. The number of aryl methyl sites for hydroxylation is 1. The van der Waals surface area contributed by atoms with E-state index in [4.69, 9.17) is 18.4 Å². The minimum Gasteiger partial charge on any atom is -0.476 e. The highest BCUT2D eigenvalue weighted by molar-refractivity contribution is 7.95. The fourth-order valence-corrected chi connectivity index (χ4v) is 3.91. The number of fused-ring (bicyclic) bond motifs is 3. The molecule has 0 aliphatic carbocycles. The Hall–Kier alpha value is -2.17. The van der Waals surface area contributed by atoms with Gasteiger partial charge < -0.3 is 23.0 Å². The first kappa shape index (κ1) is 21.1. The monoisotopic (exact) mass is 443 g/mol. The lowest BCUT2D eigenvalue weighted by Crippen LogP contribution is -2.34. The normalized spacial score (nSPS) is 18.5. The second-order valence-electron chi connectivity index (χ2n) is 7.03. The maximum Gasteiger partial charge on any atom is 0.479 e. The molecule has 1 atom stereocenters. The molecular weight excluding hydrogens is 423 g/mol. The van der Waals surface area contributed by atoms with E-state index in [2.05, 4.69) is 0 Å². The summed E-state index contributed by atoms with van der Waals surface area (Å²) < 4.78 is 60.7. The van der Waals surface area contributed by atoms with Crippen molar-refractivity contribution in [2.45, 2.75) is 31.5 Å². The van der Waals surface area contributed by atoms with E-state index in [0.717, 1.165) is 11.1 Å². The summed E-state index contributed by atoms with van der Waals surface area (Å²) in [5.74, 6) is 0.555. The van der Waals surface area contributed by atoms with Gasteiger partial charge in [0.2, 0.25) is 0 Å². The van der Waals surface area contributed by atoms with Crippen LogP contribution >= 0.6 is 12.0 Å². The van der Waals surface area contributed by atoms with E-state index < -0.39 is 17.6 Å². The standard InChI is InChI=1S/C20H20F3NO5S/c1-12-17(25)9-18(28-11-15-10-26-6-7-27-15)24-5-4-13-8-14(29-30-20(21,22)23)2-3-16(13)19(12)24/h2-3,8-9,15H,4-7,10-11H2,1H3. The van der Waals surface area contributed by atoms with E-state index in [1.54, 1.807) is 19.1 Å². The minimum atomic E-state index is -4.48. The van der Waals surface area contributed by atoms with Crippen LogP contribution in [0.2, 0.25) is 0 Å². The van der Waals surface area contributed by atoms with Gasteiger partial charge in [-0.2, -0.15) is 13.2 Å². The molecule has 1 aromatic heterocycles. The first-order valence-electron chi connectivity index (χ1n) is 9.44. The first-order chi connectivity index (χ1) is 14.3. The Morgan fingerprint density at radius 2 is 2.10 bits per heavy atom. The predicted octanol–water partition coefficient (Wildman–Crippen LogP) is 3.72. The van der Waals surface area contributed by atoms with Crippen LogP contribution in [-0.2, 0) is 22.4 Å². The lowest BCUT2D eigenvalue weighted by atomic mass is 9.94. The minimum absolute atomic E-state index is 0.117. The van der Waals surface area contributed by atoms with Crippen LogP contribution in [0.25, 0.3) is 11.3 Å². The molecule has 3 heterocycles. The summed E-state index contributed by atoms with van der Waals surface area (Å²) in [7, 11) is 0. The van der Waals surface area contributed by atoms with Gasteiger partial charge in [0.1, 0.15) is 18.5 Å². The maximum absolute atomic E-state index is 12.6. The average Bonchev–Trinajstić information content (AvgIpc) is 2.73. The van der Waals surface area contributed by atoms with Gasteiger partial charge in [0.05, 0.1) is 25.5 Å². The van der Waals surface area contributed by atoms with Crippen LogP contribution in [0.4, 0.5) is 13.2 Å². The molecule has 30 heavy (non-hydrogen) atoms. The molecule has 162 valence electrons. The Morgan fingerprint density at radius 3 is 2.83 bits per heavy atom. The molecule has 1 unspecified atom stereocenters. The number of nitrogens with zero attached hydrogens (tertiary/aromatic N) is 1. The fraction of sp³-hybridized carbons (Fsp3) is 0.450. The third-order valence-corrected chi connectivity index (χ3v) is 5.45. The molecule has 0 spiro atoms. The Labute approximate surface area is 175 Å². The number of alkyl halides is 3. The van der Waals surface area contributed by atoms with Crippen LogP contribution in [-0.4, -0.2) is 42.6 Å². The van der Waals surface area contributed by atoms with E-state index in [0.29, 0.717) is 49.9 Å². The molecule has 0 bridgehead atoms. The SMILES string of the molecule is Cc1c2n(c(OCC3COCCO3)cc1=O)CCc1cc(OSC(F)(F)F)ccc1-2. The third-order valence-electron chi connectivity index (χ3n) is 4.99. The molecule has 6 nitrogen and oxygen atoms in total. The molecule has 0 radical (unpaired) electrons. The van der Waals surface area contributed by atoms with Gasteiger partial charge in [-0.15, -0.1) is 0 Å². The number of rotatable bonds is 5. The first-order valence-corrected chi connectivity index (χ1v) is 10.2. The quantitative estimate of drug-likeness (QED) is 0.657. The van der Waals surface area contributed by atoms with Crippen LogP contribution in [0.5, 0.6) is 11.6 Å². The van der Waals surface area contributed by atoms with Crippen molar-refractivity contribution in [1.82, 2.24) is 4.57 Å². The van der Waals surface area contributed by atoms with Crippen molar-refractivity contribution in [3.8, 4) is 22.9 Å². The number of pyridine rings is 1. The van der Waals surface area contributed by atoms with Crippen LogP contribution in [0, 0.1) is 6.92 Å². The molecule has 10 heteroatoms. The zero-order valence-corrected chi connectivity index (χ0v) is 17.0. The van der Waals surface area contributed by atoms with E-state index in [9.17, 15) is 18.0 Å². The van der Waals surface area contributed by atoms with Gasteiger partial charge in [-0.1, -0.05) is 0 Å². The summed E-state index contributed by atoms with van der Waals surface area (Å²) in [6.07, 6.45) is 0.367. The molecule has 2 aromatic rings. The maximum atomic E-state index is 12.6. The van der Waals surface area contributed by atoms with Crippen LogP contribution < -0.4 is 14.3 Å². The van der Waals surface area contributed by atoms with Crippen LogP contribution in [0.3, 0.4) is 0 Å². The summed E-state index contributed by atoms with van der Waals surface area (Å²) in [5, 5.41) is 0. The summed E-state index contributed by atoms with van der Waals surface area (Å²) in [6.45, 7) is 4.01. The lowest BCUT2D eigenvalue weighted by molar-refractivity contribution is -0.102. The molecule has 1 fully saturated rings. The fourth-order valence-electron chi connectivity index (χ4n) is 3.62. The Bertz CT molecular complexity index is 986. The molecule has 2 aliphatic heterocycles. The summed E-state index contributed by atoms with van der Waals surface area (Å²) in [5.41, 5.74) is -1.79. The van der Waals surface area contributed by atoms with Crippen molar-refractivity contribution in [3.63, 3.8) is 0 Å². The highest BCUT2D eigenvalue weighted by Gasteiger charge is 2.32. The van der Waals surface area contributed by atoms with Gasteiger partial charge in [-0.25, -0.2) is 0 Å². The van der Waals surface area contributed by atoms with Gasteiger partial charge in [0.25, 0.3) is 0 Å². The van der Waals surface area contributed by atoms with Gasteiger partial charge in [0.15, 0.2) is 23.4 Å². The average molecular weight is 443 g/mol. The highest BCUT2D eigenvalue weighted by Crippen LogP contribution is 2.38. The number of aromatic nitrogens is 1. The zero-order chi connectivity index (χ0) is 21.3. The molecular formula is C20H20F3NO5S. The Balaban J connectivity index is 1.61. The van der Waals surface area contributed by atoms with Crippen molar-refractivity contribution in [2.75, 3.05) is 26.4 Å². The topological polar surface area (TPSA) is 58.9 Å². The molecule has 0 saturated carbocycles. The summed E-state index contributed by atoms with van der Waals surface area (Å²) >= 11 is -0.546. The van der Waals surface area contributed by atoms with E-state index >= 15 is 0 Å². The van der Waals surface area contributed by atoms with Gasteiger partial charge in [-0.05, 0) is 37.1 Å². The Morgan fingerprint density at radius 1 is 1.27 bits per heavy atom. The summed E-state index contributed by atoms with van der Waals surface area (Å²) in [6, 6.07) is 6.20.